The molecule has 0 aliphatic rings. The Kier molecular flexibility index (Phi) is 4.53. The zero-order chi connectivity index (χ0) is 14.5. The summed E-state index contributed by atoms with van der Waals surface area (Å²) in [4.78, 5) is 23.7. The average molecular weight is 288 g/mol. The van der Waals surface area contributed by atoms with Gasteiger partial charge in [0.2, 0.25) is 5.24 Å². The highest BCUT2D eigenvalue weighted by atomic mass is 35.5. The summed E-state index contributed by atoms with van der Waals surface area (Å²) < 4.78 is 0. The van der Waals surface area contributed by atoms with Gasteiger partial charge in [0.15, 0.2) is 0 Å². The number of carbonyl (C=O) groups is 2. The molecule has 1 amide bonds. The fraction of sp³-hybridized carbons (Fsp3) is 0.125. The molecule has 3 nitrogen and oxygen atoms in total. The van der Waals surface area contributed by atoms with E-state index < -0.39 is 11.3 Å². The Bertz CT molecular complexity index is 625. The lowest BCUT2D eigenvalue weighted by Crippen LogP contribution is -2.32. The number of amides is 1. The fourth-order valence-electron chi connectivity index (χ4n) is 1.92. The monoisotopic (exact) mass is 287 g/mol. The van der Waals surface area contributed by atoms with Gasteiger partial charge in [-0.05, 0) is 36.2 Å². The van der Waals surface area contributed by atoms with Gasteiger partial charge in [0, 0.05) is 5.56 Å². The first kappa shape index (κ1) is 14.3. The van der Waals surface area contributed by atoms with Crippen molar-refractivity contribution < 1.29 is 9.59 Å². The van der Waals surface area contributed by atoms with Crippen molar-refractivity contribution in [1.29, 1.82) is 0 Å². The van der Waals surface area contributed by atoms with Crippen molar-refractivity contribution >= 4 is 22.8 Å². The average Bonchev–Trinajstić information content (AvgIpc) is 2.45. The zero-order valence-corrected chi connectivity index (χ0v) is 11.7. The second kappa shape index (κ2) is 6.35. The second-order valence-corrected chi connectivity index (χ2v) is 4.86. The minimum Gasteiger partial charge on any atom is -0.337 e. The first-order chi connectivity index (χ1) is 9.58. The first-order valence-electron chi connectivity index (χ1n) is 6.20. The smallest absolute Gasteiger partial charge is 0.252 e. The standard InChI is InChI=1S/C16H14ClNO2/c1-11-6-5-9-13(10-11)16(20)18-14(15(17)19)12-7-3-2-4-8-12/h2-10,14H,1H3,(H,18,20). The van der Waals surface area contributed by atoms with Crippen LogP contribution in [0.1, 0.15) is 27.5 Å². The summed E-state index contributed by atoms with van der Waals surface area (Å²) >= 11 is 5.59. The highest BCUT2D eigenvalue weighted by Gasteiger charge is 2.21. The van der Waals surface area contributed by atoms with Crippen molar-refractivity contribution in [1.82, 2.24) is 5.32 Å². The molecule has 0 saturated heterocycles. The molecular formula is C16H14ClNO2. The predicted molar refractivity (Wildman–Crippen MR) is 78.7 cm³/mol. The molecule has 0 aliphatic heterocycles. The highest BCUT2D eigenvalue weighted by Crippen LogP contribution is 2.16. The molecule has 1 N–H and O–H groups in total. The van der Waals surface area contributed by atoms with E-state index in [-0.39, 0.29) is 5.91 Å². The molecule has 0 spiro atoms. The van der Waals surface area contributed by atoms with Crippen LogP contribution < -0.4 is 5.32 Å². The highest BCUT2D eigenvalue weighted by molar-refractivity contribution is 6.64. The van der Waals surface area contributed by atoms with Crippen molar-refractivity contribution in [2.24, 2.45) is 0 Å². The van der Waals surface area contributed by atoms with E-state index in [1.165, 1.54) is 0 Å². The lowest BCUT2D eigenvalue weighted by Gasteiger charge is -2.15. The van der Waals surface area contributed by atoms with Gasteiger partial charge in [0.05, 0.1) is 0 Å². The van der Waals surface area contributed by atoms with E-state index in [9.17, 15) is 9.59 Å². The van der Waals surface area contributed by atoms with Crippen LogP contribution in [0.4, 0.5) is 0 Å². The third kappa shape index (κ3) is 3.45. The molecule has 0 aliphatic carbocycles. The van der Waals surface area contributed by atoms with Crippen LogP contribution in [0.15, 0.2) is 54.6 Å². The Balaban J connectivity index is 2.21. The maximum Gasteiger partial charge on any atom is 0.252 e. The summed E-state index contributed by atoms with van der Waals surface area (Å²) in [5.41, 5.74) is 2.14. The van der Waals surface area contributed by atoms with E-state index in [0.717, 1.165) is 5.56 Å². The van der Waals surface area contributed by atoms with Crippen LogP contribution in [-0.2, 0) is 4.79 Å². The van der Waals surface area contributed by atoms with Crippen molar-refractivity contribution in [2.45, 2.75) is 13.0 Å². The van der Waals surface area contributed by atoms with E-state index in [1.54, 1.807) is 42.5 Å². The number of carbonyl (C=O) groups excluding carboxylic acids is 2. The molecule has 1 atom stereocenters. The van der Waals surface area contributed by atoms with E-state index >= 15 is 0 Å². The molecule has 0 saturated carbocycles. The Morgan fingerprint density at radius 3 is 2.35 bits per heavy atom. The summed E-state index contributed by atoms with van der Waals surface area (Å²) in [5.74, 6) is -0.323. The Hall–Kier alpha value is -2.13. The predicted octanol–water partition coefficient (Wildman–Crippen LogP) is 3.23. The number of rotatable bonds is 4. The molecule has 0 bridgehead atoms. The SMILES string of the molecule is Cc1cccc(C(=O)NC(C(=O)Cl)c2ccccc2)c1. The number of hydrogen-bond donors (Lipinski definition) is 1. The first-order valence-corrected chi connectivity index (χ1v) is 6.57. The normalized spacial score (nSPS) is 11.7. The minimum atomic E-state index is -0.842. The van der Waals surface area contributed by atoms with Gasteiger partial charge in [-0.1, -0.05) is 48.0 Å². The Morgan fingerprint density at radius 2 is 1.75 bits per heavy atom. The van der Waals surface area contributed by atoms with Crippen LogP contribution in [0.3, 0.4) is 0 Å². The summed E-state index contributed by atoms with van der Waals surface area (Å²) in [6.45, 7) is 1.90. The third-order valence-electron chi connectivity index (χ3n) is 2.92. The summed E-state index contributed by atoms with van der Waals surface area (Å²) in [7, 11) is 0. The van der Waals surface area contributed by atoms with Gasteiger partial charge in [0.25, 0.3) is 5.91 Å². The van der Waals surface area contributed by atoms with Crippen LogP contribution in [0, 0.1) is 6.92 Å². The number of aryl methyl sites for hydroxylation is 1. The summed E-state index contributed by atoms with van der Waals surface area (Å²) in [6, 6.07) is 15.2. The number of benzene rings is 2. The van der Waals surface area contributed by atoms with E-state index in [0.29, 0.717) is 11.1 Å². The maximum absolute atomic E-state index is 12.2. The van der Waals surface area contributed by atoms with Gasteiger partial charge >= 0.3 is 0 Å². The lowest BCUT2D eigenvalue weighted by atomic mass is 10.1. The molecule has 20 heavy (non-hydrogen) atoms. The van der Waals surface area contributed by atoms with Crippen LogP contribution in [-0.4, -0.2) is 11.1 Å². The van der Waals surface area contributed by atoms with Gasteiger partial charge < -0.3 is 5.32 Å². The number of hydrogen-bond acceptors (Lipinski definition) is 2. The molecule has 0 heterocycles. The molecule has 0 radical (unpaired) electrons. The Morgan fingerprint density at radius 1 is 1.05 bits per heavy atom. The van der Waals surface area contributed by atoms with Crippen LogP contribution in [0.25, 0.3) is 0 Å². The molecule has 4 heteroatoms. The summed E-state index contributed by atoms with van der Waals surface area (Å²) in [6.07, 6.45) is 0. The van der Waals surface area contributed by atoms with Crippen molar-refractivity contribution in [3.63, 3.8) is 0 Å². The van der Waals surface area contributed by atoms with Crippen LogP contribution >= 0.6 is 11.6 Å². The van der Waals surface area contributed by atoms with Gasteiger partial charge in [0.1, 0.15) is 6.04 Å². The van der Waals surface area contributed by atoms with Crippen LogP contribution in [0.5, 0.6) is 0 Å². The minimum absolute atomic E-state index is 0.323. The van der Waals surface area contributed by atoms with E-state index in [4.69, 9.17) is 11.6 Å². The maximum atomic E-state index is 12.2. The van der Waals surface area contributed by atoms with Gasteiger partial charge in [-0.15, -0.1) is 0 Å². The van der Waals surface area contributed by atoms with Gasteiger partial charge in [-0.2, -0.15) is 0 Å². The van der Waals surface area contributed by atoms with E-state index in [2.05, 4.69) is 5.32 Å². The molecule has 0 aromatic heterocycles. The quantitative estimate of drug-likeness (QED) is 0.878. The molecule has 0 fully saturated rings. The van der Waals surface area contributed by atoms with Crippen molar-refractivity contribution in [3.05, 3.63) is 71.3 Å². The zero-order valence-electron chi connectivity index (χ0n) is 11.0. The van der Waals surface area contributed by atoms with Crippen molar-refractivity contribution in [2.75, 3.05) is 0 Å². The molecule has 1 unspecified atom stereocenters. The third-order valence-corrected chi connectivity index (χ3v) is 3.13. The second-order valence-electron chi connectivity index (χ2n) is 4.49. The molecule has 2 aromatic carbocycles. The molecule has 2 aromatic rings. The summed E-state index contributed by atoms with van der Waals surface area (Å²) in [5, 5.41) is 2.04. The van der Waals surface area contributed by atoms with E-state index in [1.807, 2.05) is 19.1 Å². The van der Waals surface area contributed by atoms with Crippen LogP contribution in [0.2, 0.25) is 0 Å². The number of nitrogens with one attached hydrogen (secondary N) is 1. The fourth-order valence-corrected chi connectivity index (χ4v) is 2.10. The molecular weight excluding hydrogens is 274 g/mol. The Labute approximate surface area is 122 Å². The van der Waals surface area contributed by atoms with Gasteiger partial charge in [-0.3, -0.25) is 9.59 Å². The molecule has 2 rings (SSSR count). The van der Waals surface area contributed by atoms with Gasteiger partial charge in [-0.25, -0.2) is 0 Å². The molecule has 102 valence electrons. The van der Waals surface area contributed by atoms with Crippen molar-refractivity contribution in [3.8, 4) is 0 Å². The largest absolute Gasteiger partial charge is 0.337 e. The number of halogens is 1. The topological polar surface area (TPSA) is 46.2 Å². The lowest BCUT2D eigenvalue weighted by molar-refractivity contribution is -0.113.